The van der Waals surface area contributed by atoms with Crippen LogP contribution in [0.4, 0.5) is 30.8 Å². The van der Waals surface area contributed by atoms with Crippen LogP contribution in [0.5, 0.6) is 0 Å². The van der Waals surface area contributed by atoms with Crippen molar-refractivity contribution in [1.82, 2.24) is 14.5 Å². The molecule has 9 nitrogen and oxygen atoms in total. The molecule has 182 valence electrons. The van der Waals surface area contributed by atoms with Gasteiger partial charge in [0.2, 0.25) is 5.95 Å². The minimum absolute atomic E-state index is 0.0265. The highest BCUT2D eigenvalue weighted by atomic mass is 19.4. The number of ether oxygens (including phenoxy) is 1. The van der Waals surface area contributed by atoms with Gasteiger partial charge in [-0.2, -0.15) is 18.2 Å². The van der Waals surface area contributed by atoms with E-state index in [1.54, 1.807) is 25.1 Å². The Kier molecular flexibility index (Phi) is 5.12. The normalized spacial score (nSPS) is 25.7. The number of pyridine rings is 1. The number of nitrogens with zero attached hydrogens (tertiary/aromatic N) is 6. The highest BCUT2D eigenvalue weighted by molar-refractivity contribution is 5.99. The largest absolute Gasteiger partial charge is 0.413 e. The lowest BCUT2D eigenvalue weighted by Gasteiger charge is -2.36. The summed E-state index contributed by atoms with van der Waals surface area (Å²) in [4.78, 5) is 39.1. The number of alkyl halides is 3. The van der Waals surface area contributed by atoms with Crippen molar-refractivity contribution in [3.63, 3.8) is 0 Å². The lowest BCUT2D eigenvalue weighted by atomic mass is 10.00. The number of carbonyl (C=O) groups excluding carboxylic acids is 1. The van der Waals surface area contributed by atoms with Crippen molar-refractivity contribution in [3.8, 4) is 0 Å². The summed E-state index contributed by atoms with van der Waals surface area (Å²) < 4.78 is 49.4. The van der Waals surface area contributed by atoms with Crippen LogP contribution in [0.2, 0.25) is 0 Å². The third kappa shape index (κ3) is 3.51. The summed E-state index contributed by atoms with van der Waals surface area (Å²) >= 11 is 0. The topological polar surface area (TPSA) is 83.8 Å². The Morgan fingerprint density at radius 1 is 1.32 bits per heavy atom. The van der Waals surface area contributed by atoms with E-state index in [1.807, 2.05) is 4.90 Å². The first-order chi connectivity index (χ1) is 16.0. The minimum atomic E-state index is -4.71. The predicted molar refractivity (Wildman–Crippen MR) is 119 cm³/mol. The van der Waals surface area contributed by atoms with Crippen LogP contribution in [0.15, 0.2) is 29.2 Å². The Bertz CT molecular complexity index is 1180. The van der Waals surface area contributed by atoms with Crippen LogP contribution in [0, 0.1) is 0 Å². The molecule has 3 aliphatic rings. The number of carbonyl (C=O) groups is 1. The Hall–Kier alpha value is -3.15. The van der Waals surface area contributed by atoms with Gasteiger partial charge in [0.15, 0.2) is 11.3 Å². The predicted octanol–water partition coefficient (Wildman–Crippen LogP) is 1.71. The molecule has 5 rings (SSSR count). The SMILES string of the molecule is CN(C)c1ccc(C(=O)CN2c3nc(N4CC5CC4CO5)cc(=O)n3CC2(C)C(F)(F)F)cn1. The number of morpholine rings is 1. The van der Waals surface area contributed by atoms with Gasteiger partial charge in [0, 0.05) is 38.5 Å². The van der Waals surface area contributed by atoms with Gasteiger partial charge < -0.3 is 19.4 Å². The molecule has 0 amide bonds. The maximum atomic E-state index is 14.3. The van der Waals surface area contributed by atoms with E-state index in [1.165, 1.54) is 18.3 Å². The molecule has 2 aromatic heterocycles. The monoisotopic (exact) mass is 478 g/mol. The van der Waals surface area contributed by atoms with E-state index in [0.29, 0.717) is 24.8 Å². The van der Waals surface area contributed by atoms with Gasteiger partial charge in [-0.15, -0.1) is 0 Å². The van der Waals surface area contributed by atoms with E-state index in [4.69, 9.17) is 4.74 Å². The quantitative estimate of drug-likeness (QED) is 0.601. The van der Waals surface area contributed by atoms with E-state index in [0.717, 1.165) is 22.8 Å². The van der Waals surface area contributed by atoms with Crippen LogP contribution < -0.4 is 20.3 Å². The molecule has 0 radical (unpaired) electrons. The summed E-state index contributed by atoms with van der Waals surface area (Å²) in [6.07, 6.45) is -2.55. The molecule has 0 N–H and O–H groups in total. The molecule has 3 atom stereocenters. The van der Waals surface area contributed by atoms with Crippen molar-refractivity contribution in [2.45, 2.75) is 43.8 Å². The number of anilines is 3. The van der Waals surface area contributed by atoms with Crippen LogP contribution in [0.1, 0.15) is 23.7 Å². The summed E-state index contributed by atoms with van der Waals surface area (Å²) in [6.45, 7) is 0.776. The van der Waals surface area contributed by atoms with Gasteiger partial charge in [-0.05, 0) is 25.5 Å². The highest BCUT2D eigenvalue weighted by Gasteiger charge is 2.60. The molecule has 0 aromatic carbocycles. The Morgan fingerprint density at radius 3 is 2.65 bits per heavy atom. The van der Waals surface area contributed by atoms with Gasteiger partial charge in [0.05, 0.1) is 31.8 Å². The third-order valence-electron chi connectivity index (χ3n) is 6.91. The summed E-state index contributed by atoms with van der Waals surface area (Å²) in [7, 11) is 3.58. The molecule has 2 saturated heterocycles. The smallest absolute Gasteiger partial charge is 0.374 e. The lowest BCUT2D eigenvalue weighted by Crippen LogP contribution is -2.57. The van der Waals surface area contributed by atoms with Crippen LogP contribution in [0.25, 0.3) is 0 Å². The summed E-state index contributed by atoms with van der Waals surface area (Å²) in [6, 6.07) is 4.46. The van der Waals surface area contributed by atoms with Crippen molar-refractivity contribution in [1.29, 1.82) is 0 Å². The van der Waals surface area contributed by atoms with Gasteiger partial charge in [-0.25, -0.2) is 4.98 Å². The van der Waals surface area contributed by atoms with Gasteiger partial charge in [0.1, 0.15) is 11.6 Å². The fourth-order valence-electron chi connectivity index (χ4n) is 4.82. The number of halogens is 3. The Balaban J connectivity index is 1.52. The maximum Gasteiger partial charge on any atom is 0.413 e. The van der Waals surface area contributed by atoms with Gasteiger partial charge >= 0.3 is 6.18 Å². The molecule has 0 aliphatic carbocycles. The molecule has 0 spiro atoms. The lowest BCUT2D eigenvalue weighted by molar-refractivity contribution is -0.181. The standard InChI is InChI=1S/C22H25F3N6O3/c1-21(22(23,24)25)12-30-19(33)7-18(29-9-15-6-14(29)11-34-15)27-20(30)31(21)10-16(32)13-4-5-17(26-8-13)28(2)3/h4-5,7-8,14-15H,6,9-12H2,1-3H3. The summed E-state index contributed by atoms with van der Waals surface area (Å²) in [5, 5.41) is 0. The number of hydrogen-bond acceptors (Lipinski definition) is 8. The summed E-state index contributed by atoms with van der Waals surface area (Å²) in [5.74, 6) is 0.227. The molecule has 12 heteroatoms. The first-order valence-corrected chi connectivity index (χ1v) is 11.0. The number of fused-ring (bicyclic) bond motifs is 3. The second-order valence-corrected chi connectivity index (χ2v) is 9.42. The average molecular weight is 478 g/mol. The van der Waals surface area contributed by atoms with Crippen LogP contribution in [0.3, 0.4) is 0 Å². The first-order valence-electron chi connectivity index (χ1n) is 11.0. The second kappa shape index (κ2) is 7.69. The van der Waals surface area contributed by atoms with Crippen LogP contribution >= 0.6 is 0 Å². The fraction of sp³-hybridized carbons (Fsp3) is 0.545. The molecule has 0 saturated carbocycles. The number of rotatable bonds is 5. The zero-order valence-corrected chi connectivity index (χ0v) is 19.0. The minimum Gasteiger partial charge on any atom is -0.374 e. The van der Waals surface area contributed by atoms with E-state index in [-0.39, 0.29) is 23.7 Å². The van der Waals surface area contributed by atoms with E-state index >= 15 is 0 Å². The molecular weight excluding hydrogens is 453 g/mol. The van der Waals surface area contributed by atoms with Crippen molar-refractivity contribution in [3.05, 3.63) is 40.3 Å². The van der Waals surface area contributed by atoms with E-state index in [2.05, 4.69) is 9.97 Å². The Labute approximate surface area is 193 Å². The number of aromatic nitrogens is 3. The molecular formula is C22H25F3N6O3. The fourth-order valence-corrected chi connectivity index (χ4v) is 4.82. The van der Waals surface area contributed by atoms with Gasteiger partial charge in [0.25, 0.3) is 5.56 Å². The number of ketones is 1. The maximum absolute atomic E-state index is 14.3. The molecule has 34 heavy (non-hydrogen) atoms. The highest BCUT2D eigenvalue weighted by Crippen LogP contribution is 2.43. The first kappa shape index (κ1) is 22.6. The number of hydrogen-bond donors (Lipinski definition) is 0. The number of Topliss-reactive ketones (excluding diaryl/α,β-unsaturated/α-hetero) is 1. The second-order valence-electron chi connectivity index (χ2n) is 9.42. The zero-order valence-electron chi connectivity index (χ0n) is 19.0. The van der Waals surface area contributed by atoms with Gasteiger partial charge in [-0.1, -0.05) is 0 Å². The van der Waals surface area contributed by atoms with Crippen molar-refractivity contribution in [2.75, 3.05) is 48.5 Å². The Morgan fingerprint density at radius 2 is 2.09 bits per heavy atom. The summed E-state index contributed by atoms with van der Waals surface area (Å²) in [5.41, 5.74) is -2.86. The van der Waals surface area contributed by atoms with Gasteiger partial charge in [-0.3, -0.25) is 14.2 Å². The molecule has 3 aliphatic heterocycles. The molecule has 2 aromatic rings. The average Bonchev–Trinajstić information content (AvgIpc) is 3.48. The molecule has 3 unspecified atom stereocenters. The van der Waals surface area contributed by atoms with E-state index in [9.17, 15) is 22.8 Å². The van der Waals surface area contributed by atoms with Crippen LogP contribution in [-0.4, -0.2) is 78.0 Å². The third-order valence-corrected chi connectivity index (χ3v) is 6.91. The zero-order chi connectivity index (χ0) is 24.4. The molecule has 2 bridgehead atoms. The van der Waals surface area contributed by atoms with Crippen LogP contribution in [-0.2, 0) is 11.3 Å². The van der Waals surface area contributed by atoms with E-state index < -0.39 is 36.1 Å². The molecule has 2 fully saturated rings. The van der Waals surface area contributed by atoms with Crippen molar-refractivity contribution >= 4 is 23.4 Å². The van der Waals surface area contributed by atoms with Crippen molar-refractivity contribution < 1.29 is 22.7 Å². The van der Waals surface area contributed by atoms with Crippen molar-refractivity contribution in [2.24, 2.45) is 0 Å². The molecule has 5 heterocycles.